The fourth-order valence-corrected chi connectivity index (χ4v) is 1.85. The molecule has 0 atom stereocenters. The molecule has 0 amide bonds. The number of benzene rings is 1. The number of para-hydroxylation sites is 1. The van der Waals surface area contributed by atoms with Gasteiger partial charge in [-0.15, -0.1) is 0 Å². The minimum absolute atomic E-state index is 0.374. The summed E-state index contributed by atoms with van der Waals surface area (Å²) in [6, 6.07) is 13.3. The number of hydrogen-bond donors (Lipinski definition) is 2. The highest BCUT2D eigenvalue weighted by Gasteiger charge is 1.99. The van der Waals surface area contributed by atoms with Crippen molar-refractivity contribution < 1.29 is 4.74 Å². The van der Waals surface area contributed by atoms with Crippen LogP contribution in [0.3, 0.4) is 0 Å². The fraction of sp³-hybridized carbons (Fsp3) is 0.133. The van der Waals surface area contributed by atoms with Gasteiger partial charge in [0.2, 0.25) is 0 Å². The van der Waals surface area contributed by atoms with Crippen LogP contribution in [0.5, 0.6) is 5.75 Å². The predicted octanol–water partition coefficient (Wildman–Crippen LogP) is 2.72. The number of thiocarbonyl (C=S) groups is 1. The lowest BCUT2D eigenvalue weighted by Gasteiger charge is -2.07. The van der Waals surface area contributed by atoms with Gasteiger partial charge in [-0.3, -0.25) is 5.43 Å². The zero-order valence-electron chi connectivity index (χ0n) is 11.8. The van der Waals surface area contributed by atoms with Gasteiger partial charge in [0.05, 0.1) is 13.3 Å². The molecule has 2 rings (SSSR count). The smallest absolute Gasteiger partial charge is 0.192 e. The number of hydrazone groups is 1. The van der Waals surface area contributed by atoms with Crippen LogP contribution in [-0.2, 0) is 0 Å². The number of ether oxygens (including phenoxy) is 1. The Balaban J connectivity index is 1.93. The third-order valence-electron chi connectivity index (χ3n) is 2.64. The summed E-state index contributed by atoms with van der Waals surface area (Å²) < 4.78 is 5.23. The molecule has 0 saturated carbocycles. The molecule has 0 bridgehead atoms. The highest BCUT2D eigenvalue weighted by atomic mass is 32.1. The quantitative estimate of drug-likeness (QED) is 0.516. The molecule has 5 nitrogen and oxygen atoms in total. The summed E-state index contributed by atoms with van der Waals surface area (Å²) in [5.41, 5.74) is 4.53. The van der Waals surface area contributed by atoms with Gasteiger partial charge in [-0.2, -0.15) is 5.10 Å². The maximum Gasteiger partial charge on any atom is 0.192 e. The normalized spacial score (nSPS) is 10.4. The van der Waals surface area contributed by atoms with E-state index in [1.807, 2.05) is 49.4 Å². The average molecular weight is 300 g/mol. The van der Waals surface area contributed by atoms with Crippen LogP contribution in [0.4, 0.5) is 5.82 Å². The Labute approximate surface area is 129 Å². The van der Waals surface area contributed by atoms with Crippen molar-refractivity contribution in [3.8, 4) is 5.75 Å². The van der Waals surface area contributed by atoms with E-state index in [4.69, 9.17) is 17.0 Å². The first-order chi connectivity index (χ1) is 10.2. The molecule has 1 heterocycles. The largest absolute Gasteiger partial charge is 0.496 e. The number of methoxy groups -OCH3 is 1. The molecule has 2 N–H and O–H groups in total. The second kappa shape index (κ2) is 7.35. The number of aromatic nitrogens is 1. The molecular formula is C15H16N4OS. The highest BCUT2D eigenvalue weighted by molar-refractivity contribution is 7.80. The Morgan fingerprint density at radius 2 is 2.05 bits per heavy atom. The molecule has 6 heteroatoms. The summed E-state index contributed by atoms with van der Waals surface area (Å²) >= 11 is 5.15. The lowest BCUT2D eigenvalue weighted by atomic mass is 10.2. The van der Waals surface area contributed by atoms with Crippen LogP contribution in [-0.4, -0.2) is 23.4 Å². The molecule has 0 saturated heterocycles. The van der Waals surface area contributed by atoms with Crippen LogP contribution in [0, 0.1) is 6.92 Å². The molecule has 0 aliphatic rings. The second-order valence-electron chi connectivity index (χ2n) is 4.23. The molecular weight excluding hydrogens is 284 g/mol. The lowest BCUT2D eigenvalue weighted by molar-refractivity contribution is 0.414. The Kier molecular flexibility index (Phi) is 5.22. The number of nitrogens with zero attached hydrogens (tertiary/aromatic N) is 2. The van der Waals surface area contributed by atoms with Crippen molar-refractivity contribution in [3.63, 3.8) is 0 Å². The molecule has 0 unspecified atom stereocenters. The third kappa shape index (κ3) is 4.54. The van der Waals surface area contributed by atoms with Crippen molar-refractivity contribution in [2.45, 2.75) is 6.92 Å². The minimum Gasteiger partial charge on any atom is -0.496 e. The van der Waals surface area contributed by atoms with Crippen molar-refractivity contribution in [2.24, 2.45) is 5.10 Å². The topological polar surface area (TPSA) is 58.5 Å². The standard InChI is InChI=1S/C15H16N4OS/c1-11-6-5-9-14(17-11)18-15(21)19-16-10-12-7-3-4-8-13(12)20-2/h3-10H,1-2H3,(H2,17,18,19,21)/b16-10+. The monoisotopic (exact) mass is 300 g/mol. The van der Waals surface area contributed by atoms with Crippen LogP contribution >= 0.6 is 12.2 Å². The van der Waals surface area contributed by atoms with Crippen molar-refractivity contribution in [3.05, 3.63) is 53.7 Å². The molecule has 1 aromatic carbocycles. The van der Waals surface area contributed by atoms with E-state index in [2.05, 4.69) is 20.8 Å². The maximum absolute atomic E-state index is 5.23. The number of hydrogen-bond acceptors (Lipinski definition) is 4. The van der Waals surface area contributed by atoms with E-state index in [0.717, 1.165) is 17.0 Å². The fourth-order valence-electron chi connectivity index (χ4n) is 1.69. The number of pyridine rings is 1. The van der Waals surface area contributed by atoms with Gasteiger partial charge in [0.15, 0.2) is 5.11 Å². The zero-order valence-corrected chi connectivity index (χ0v) is 12.6. The van der Waals surface area contributed by atoms with Crippen molar-refractivity contribution >= 4 is 29.4 Å². The minimum atomic E-state index is 0.374. The molecule has 0 aliphatic heterocycles. The SMILES string of the molecule is COc1ccccc1/C=N/NC(=S)Nc1cccc(C)n1. The van der Waals surface area contributed by atoms with Gasteiger partial charge in [-0.05, 0) is 43.4 Å². The van der Waals surface area contributed by atoms with Crippen LogP contribution in [0.25, 0.3) is 0 Å². The highest BCUT2D eigenvalue weighted by Crippen LogP contribution is 2.14. The predicted molar refractivity (Wildman–Crippen MR) is 88.9 cm³/mol. The summed E-state index contributed by atoms with van der Waals surface area (Å²) in [6.45, 7) is 1.92. The van der Waals surface area contributed by atoms with Gasteiger partial charge in [0.25, 0.3) is 0 Å². The van der Waals surface area contributed by atoms with Crippen molar-refractivity contribution in [2.75, 3.05) is 12.4 Å². The Morgan fingerprint density at radius 3 is 2.81 bits per heavy atom. The molecule has 0 radical (unpaired) electrons. The Morgan fingerprint density at radius 1 is 1.24 bits per heavy atom. The van der Waals surface area contributed by atoms with E-state index in [9.17, 15) is 0 Å². The van der Waals surface area contributed by atoms with Gasteiger partial charge < -0.3 is 10.1 Å². The zero-order chi connectivity index (χ0) is 15.1. The summed E-state index contributed by atoms with van der Waals surface area (Å²) in [6.07, 6.45) is 1.65. The molecule has 21 heavy (non-hydrogen) atoms. The second-order valence-corrected chi connectivity index (χ2v) is 4.64. The molecule has 108 valence electrons. The van der Waals surface area contributed by atoms with Crippen LogP contribution in [0.15, 0.2) is 47.6 Å². The average Bonchev–Trinajstić information content (AvgIpc) is 2.47. The van der Waals surface area contributed by atoms with Gasteiger partial charge in [0.1, 0.15) is 11.6 Å². The first-order valence-corrected chi connectivity index (χ1v) is 6.76. The molecule has 1 aromatic heterocycles. The molecule has 0 spiro atoms. The summed E-state index contributed by atoms with van der Waals surface area (Å²) in [5, 5.41) is 7.42. The molecule has 0 aliphatic carbocycles. The number of nitrogens with one attached hydrogen (secondary N) is 2. The maximum atomic E-state index is 5.23. The van der Waals surface area contributed by atoms with E-state index in [-0.39, 0.29) is 0 Å². The van der Waals surface area contributed by atoms with Gasteiger partial charge in [0, 0.05) is 11.3 Å². The van der Waals surface area contributed by atoms with Crippen LogP contribution in [0.2, 0.25) is 0 Å². The van der Waals surface area contributed by atoms with Crippen molar-refractivity contribution in [1.29, 1.82) is 0 Å². The van der Waals surface area contributed by atoms with Gasteiger partial charge in [-0.25, -0.2) is 4.98 Å². The first kappa shape index (κ1) is 14.9. The van der Waals surface area contributed by atoms with Crippen LogP contribution < -0.4 is 15.5 Å². The van der Waals surface area contributed by atoms with Gasteiger partial charge in [-0.1, -0.05) is 18.2 Å². The van der Waals surface area contributed by atoms with E-state index in [0.29, 0.717) is 10.9 Å². The van der Waals surface area contributed by atoms with E-state index in [1.54, 1.807) is 13.3 Å². The van der Waals surface area contributed by atoms with E-state index >= 15 is 0 Å². The Hall–Kier alpha value is -2.47. The summed E-state index contributed by atoms with van der Waals surface area (Å²) in [5.74, 6) is 1.43. The third-order valence-corrected chi connectivity index (χ3v) is 2.83. The number of rotatable bonds is 4. The molecule has 0 fully saturated rings. The van der Waals surface area contributed by atoms with E-state index < -0.39 is 0 Å². The number of anilines is 1. The van der Waals surface area contributed by atoms with E-state index in [1.165, 1.54) is 0 Å². The van der Waals surface area contributed by atoms with Crippen molar-refractivity contribution in [1.82, 2.24) is 10.4 Å². The summed E-state index contributed by atoms with van der Waals surface area (Å²) in [7, 11) is 1.62. The van der Waals surface area contributed by atoms with Gasteiger partial charge >= 0.3 is 0 Å². The van der Waals surface area contributed by atoms with Crippen LogP contribution in [0.1, 0.15) is 11.3 Å². The first-order valence-electron chi connectivity index (χ1n) is 6.36. The lowest BCUT2D eigenvalue weighted by Crippen LogP contribution is -2.24. The molecule has 2 aromatic rings. The summed E-state index contributed by atoms with van der Waals surface area (Å²) in [4.78, 5) is 4.30. The Bertz CT molecular complexity index is 658. The number of aryl methyl sites for hydroxylation is 1.